The van der Waals surface area contributed by atoms with Gasteiger partial charge < -0.3 is 19.9 Å². The van der Waals surface area contributed by atoms with E-state index in [9.17, 15) is 9.59 Å². The minimum atomic E-state index is -0.277. The van der Waals surface area contributed by atoms with Crippen molar-refractivity contribution in [2.75, 3.05) is 31.6 Å². The Labute approximate surface area is 142 Å². The Morgan fingerprint density at radius 3 is 2.71 bits per heavy atom. The van der Waals surface area contributed by atoms with Crippen LogP contribution in [0.3, 0.4) is 0 Å². The zero-order chi connectivity index (χ0) is 17.1. The van der Waals surface area contributed by atoms with Crippen LogP contribution in [0.25, 0.3) is 0 Å². The Bertz CT molecular complexity index is 609. The molecule has 0 spiro atoms. The van der Waals surface area contributed by atoms with Crippen molar-refractivity contribution in [2.24, 2.45) is 11.8 Å². The van der Waals surface area contributed by atoms with E-state index in [1.54, 1.807) is 4.90 Å². The first-order valence-electron chi connectivity index (χ1n) is 8.58. The van der Waals surface area contributed by atoms with Gasteiger partial charge in [-0.1, -0.05) is 26.0 Å². The highest BCUT2D eigenvalue weighted by Gasteiger charge is 2.25. The number of carbonyl (C=O) groups excluding carboxylic acids is 2. The highest BCUT2D eigenvalue weighted by molar-refractivity contribution is 5.89. The van der Waals surface area contributed by atoms with Gasteiger partial charge in [0.05, 0.1) is 6.54 Å². The van der Waals surface area contributed by atoms with Gasteiger partial charge in [0, 0.05) is 25.3 Å². The first-order chi connectivity index (χ1) is 11.5. The Kier molecular flexibility index (Phi) is 4.92. The number of ether oxygens (including phenoxy) is 1. The molecule has 6 nitrogen and oxygen atoms in total. The fraction of sp³-hybridized carbons (Fsp3) is 0.556. The Balaban J connectivity index is 1.61. The largest absolute Gasteiger partial charge is 0.448 e. The van der Waals surface area contributed by atoms with Crippen molar-refractivity contribution < 1.29 is 14.3 Å². The highest BCUT2D eigenvalue weighted by atomic mass is 16.6. The Morgan fingerprint density at radius 2 is 2.04 bits per heavy atom. The summed E-state index contributed by atoms with van der Waals surface area (Å²) in [5, 5.41) is 2.98. The van der Waals surface area contributed by atoms with Crippen LogP contribution in [0.4, 0.5) is 15.3 Å². The van der Waals surface area contributed by atoms with E-state index in [-0.39, 0.29) is 12.1 Å². The average molecular weight is 331 g/mol. The number of likely N-dealkylation sites (tertiary alicyclic amines) is 1. The van der Waals surface area contributed by atoms with E-state index in [1.807, 2.05) is 29.2 Å². The molecule has 0 saturated carbocycles. The number of benzene rings is 1. The monoisotopic (exact) mass is 331 g/mol. The molecule has 2 atom stereocenters. The molecule has 2 aliphatic rings. The molecule has 3 rings (SSSR count). The van der Waals surface area contributed by atoms with Crippen molar-refractivity contribution >= 4 is 17.8 Å². The minimum Gasteiger partial charge on any atom is -0.448 e. The van der Waals surface area contributed by atoms with Gasteiger partial charge in [-0.05, 0) is 36.0 Å². The zero-order valence-corrected chi connectivity index (χ0v) is 14.3. The molecule has 2 unspecified atom stereocenters. The van der Waals surface area contributed by atoms with Crippen LogP contribution in [0.1, 0.15) is 25.8 Å². The molecule has 0 radical (unpaired) electrons. The summed E-state index contributed by atoms with van der Waals surface area (Å²) in [6.45, 7) is 7.53. The zero-order valence-electron chi connectivity index (χ0n) is 14.3. The van der Waals surface area contributed by atoms with E-state index < -0.39 is 0 Å². The lowest BCUT2D eigenvalue weighted by atomic mass is 9.92. The summed E-state index contributed by atoms with van der Waals surface area (Å²) in [7, 11) is 0. The summed E-state index contributed by atoms with van der Waals surface area (Å²) >= 11 is 0. The molecule has 6 heteroatoms. The van der Waals surface area contributed by atoms with Crippen molar-refractivity contribution in [2.45, 2.75) is 26.8 Å². The Hall–Kier alpha value is -2.24. The smallest absolute Gasteiger partial charge is 0.410 e. The van der Waals surface area contributed by atoms with Gasteiger partial charge in [0.1, 0.15) is 6.61 Å². The molecule has 130 valence electrons. The van der Waals surface area contributed by atoms with Crippen LogP contribution in [0.5, 0.6) is 0 Å². The van der Waals surface area contributed by atoms with Gasteiger partial charge in [0.2, 0.25) is 0 Å². The predicted octanol–water partition coefficient (Wildman–Crippen LogP) is 3.15. The molecule has 24 heavy (non-hydrogen) atoms. The fourth-order valence-corrected chi connectivity index (χ4v) is 3.57. The maximum absolute atomic E-state index is 12.5. The topological polar surface area (TPSA) is 61.9 Å². The summed E-state index contributed by atoms with van der Waals surface area (Å²) < 4.78 is 4.94. The van der Waals surface area contributed by atoms with Crippen molar-refractivity contribution in [3.05, 3.63) is 29.8 Å². The number of rotatable bonds is 3. The van der Waals surface area contributed by atoms with E-state index in [0.29, 0.717) is 31.5 Å². The third kappa shape index (κ3) is 3.99. The van der Waals surface area contributed by atoms with Crippen molar-refractivity contribution in [1.29, 1.82) is 0 Å². The van der Waals surface area contributed by atoms with Crippen LogP contribution < -0.4 is 5.32 Å². The number of carbonyl (C=O) groups is 2. The normalized spacial score (nSPS) is 24.0. The molecule has 2 fully saturated rings. The predicted molar refractivity (Wildman–Crippen MR) is 91.7 cm³/mol. The number of anilines is 1. The SMILES string of the molecule is CC1CC(C)CN(C(=O)Nc2cccc(CN3CCOC3=O)c2)C1. The molecular formula is C18H25N3O3. The summed E-state index contributed by atoms with van der Waals surface area (Å²) in [6.07, 6.45) is 0.895. The van der Waals surface area contributed by atoms with Crippen LogP contribution in [-0.4, -0.2) is 48.2 Å². The Morgan fingerprint density at radius 1 is 1.29 bits per heavy atom. The first kappa shape index (κ1) is 16.6. The molecule has 0 bridgehead atoms. The molecule has 3 amide bonds. The van der Waals surface area contributed by atoms with Gasteiger partial charge >= 0.3 is 12.1 Å². The lowest BCUT2D eigenvalue weighted by Crippen LogP contribution is -2.44. The third-order valence-corrected chi connectivity index (χ3v) is 4.55. The third-order valence-electron chi connectivity index (χ3n) is 4.55. The van der Waals surface area contributed by atoms with Crippen molar-refractivity contribution in [1.82, 2.24) is 9.80 Å². The summed E-state index contributed by atoms with van der Waals surface area (Å²) in [6, 6.07) is 7.59. The summed E-state index contributed by atoms with van der Waals surface area (Å²) in [5.74, 6) is 1.07. The van der Waals surface area contributed by atoms with E-state index in [4.69, 9.17) is 4.74 Å². The van der Waals surface area contributed by atoms with Crippen LogP contribution in [0.2, 0.25) is 0 Å². The van der Waals surface area contributed by atoms with Gasteiger partial charge in [-0.25, -0.2) is 9.59 Å². The number of amides is 3. The molecule has 2 heterocycles. The lowest BCUT2D eigenvalue weighted by molar-refractivity contribution is 0.156. The summed E-state index contributed by atoms with van der Waals surface area (Å²) in [5.41, 5.74) is 1.74. The quantitative estimate of drug-likeness (QED) is 0.925. The van der Waals surface area contributed by atoms with Crippen LogP contribution in [0.15, 0.2) is 24.3 Å². The first-order valence-corrected chi connectivity index (χ1v) is 8.58. The molecule has 1 aromatic rings. The van der Waals surface area contributed by atoms with Crippen molar-refractivity contribution in [3.8, 4) is 0 Å². The summed E-state index contributed by atoms with van der Waals surface area (Å²) in [4.78, 5) is 27.6. The maximum atomic E-state index is 12.5. The molecule has 2 saturated heterocycles. The van der Waals surface area contributed by atoms with Gasteiger partial charge in [-0.2, -0.15) is 0 Å². The van der Waals surface area contributed by atoms with Crippen LogP contribution >= 0.6 is 0 Å². The van der Waals surface area contributed by atoms with Crippen molar-refractivity contribution in [3.63, 3.8) is 0 Å². The average Bonchev–Trinajstić information content (AvgIpc) is 2.92. The number of piperidine rings is 1. The lowest BCUT2D eigenvalue weighted by Gasteiger charge is -2.34. The number of nitrogens with one attached hydrogen (secondary N) is 1. The highest BCUT2D eigenvalue weighted by Crippen LogP contribution is 2.22. The molecule has 2 aliphatic heterocycles. The van der Waals surface area contributed by atoms with Crippen LogP contribution in [-0.2, 0) is 11.3 Å². The minimum absolute atomic E-state index is 0.0499. The number of nitrogens with zero attached hydrogens (tertiary/aromatic N) is 2. The molecular weight excluding hydrogens is 306 g/mol. The standard InChI is InChI=1S/C18H25N3O3/c1-13-8-14(2)11-21(10-13)17(22)19-16-5-3-4-15(9-16)12-20-6-7-24-18(20)23/h3-5,9,13-14H,6-8,10-12H2,1-2H3,(H,19,22). The maximum Gasteiger partial charge on any atom is 0.410 e. The van der Waals surface area contributed by atoms with Gasteiger partial charge in [0.25, 0.3) is 0 Å². The fourth-order valence-electron chi connectivity index (χ4n) is 3.57. The van der Waals surface area contributed by atoms with Crippen LogP contribution in [0, 0.1) is 11.8 Å². The number of cyclic esters (lactones) is 1. The van der Waals surface area contributed by atoms with Gasteiger partial charge in [-0.3, -0.25) is 0 Å². The molecule has 1 aromatic carbocycles. The van der Waals surface area contributed by atoms with Gasteiger partial charge in [-0.15, -0.1) is 0 Å². The van der Waals surface area contributed by atoms with E-state index in [0.717, 1.165) is 24.3 Å². The second kappa shape index (κ2) is 7.11. The molecule has 1 N–H and O–H groups in total. The van der Waals surface area contributed by atoms with E-state index in [2.05, 4.69) is 19.2 Å². The molecule has 0 aromatic heterocycles. The second-order valence-corrected chi connectivity index (χ2v) is 7.02. The number of hydrogen-bond donors (Lipinski definition) is 1. The molecule has 0 aliphatic carbocycles. The number of urea groups is 1. The van der Waals surface area contributed by atoms with E-state index >= 15 is 0 Å². The second-order valence-electron chi connectivity index (χ2n) is 7.02. The number of hydrogen-bond acceptors (Lipinski definition) is 3. The van der Waals surface area contributed by atoms with Gasteiger partial charge in [0.15, 0.2) is 0 Å². The van der Waals surface area contributed by atoms with E-state index in [1.165, 1.54) is 6.42 Å².